The molecular formula is C10H12N4O4S. The van der Waals surface area contributed by atoms with Crippen molar-refractivity contribution in [3.05, 3.63) is 40.0 Å². The van der Waals surface area contributed by atoms with E-state index in [1.165, 1.54) is 12.3 Å². The van der Waals surface area contributed by atoms with Crippen LogP contribution in [-0.2, 0) is 16.6 Å². The van der Waals surface area contributed by atoms with Gasteiger partial charge in [-0.1, -0.05) is 0 Å². The lowest BCUT2D eigenvalue weighted by Gasteiger charge is -2.05. The van der Waals surface area contributed by atoms with Gasteiger partial charge in [0.15, 0.2) is 0 Å². The normalized spacial score (nSPS) is 11.9. The molecule has 0 aliphatic rings. The first kappa shape index (κ1) is 13.4. The van der Waals surface area contributed by atoms with Gasteiger partial charge in [-0.25, -0.2) is 13.1 Å². The average molecular weight is 284 g/mol. The van der Waals surface area contributed by atoms with E-state index in [0.717, 1.165) is 6.26 Å². The van der Waals surface area contributed by atoms with E-state index in [1.54, 1.807) is 17.5 Å². The van der Waals surface area contributed by atoms with Gasteiger partial charge in [0.1, 0.15) is 0 Å². The highest BCUT2D eigenvalue weighted by atomic mass is 32.2. The highest BCUT2D eigenvalue weighted by Crippen LogP contribution is 2.20. The number of nitro groups is 1. The van der Waals surface area contributed by atoms with Crippen LogP contribution in [0.5, 0.6) is 0 Å². The largest absolute Gasteiger partial charge is 0.313 e. The Morgan fingerprint density at radius 1 is 1.47 bits per heavy atom. The zero-order valence-corrected chi connectivity index (χ0v) is 11.1. The van der Waals surface area contributed by atoms with Crippen LogP contribution in [-0.4, -0.2) is 29.0 Å². The van der Waals surface area contributed by atoms with Crippen molar-refractivity contribution in [3.63, 3.8) is 0 Å². The molecule has 0 unspecified atom stereocenters. The Kier molecular flexibility index (Phi) is 3.25. The van der Waals surface area contributed by atoms with Crippen LogP contribution in [0.4, 0.5) is 5.69 Å². The Morgan fingerprint density at radius 3 is 2.74 bits per heavy atom. The Labute approximate surface area is 109 Å². The summed E-state index contributed by atoms with van der Waals surface area (Å²) < 4.78 is 26.1. The van der Waals surface area contributed by atoms with Crippen LogP contribution in [0.2, 0.25) is 0 Å². The van der Waals surface area contributed by atoms with Crippen LogP contribution in [0.15, 0.2) is 18.5 Å². The highest BCUT2D eigenvalue weighted by molar-refractivity contribution is 7.88. The van der Waals surface area contributed by atoms with E-state index >= 15 is 0 Å². The summed E-state index contributed by atoms with van der Waals surface area (Å²) in [5.41, 5.74) is 1.53. The lowest BCUT2D eigenvalue weighted by molar-refractivity contribution is -0.384. The fourth-order valence-corrected chi connectivity index (χ4v) is 2.13. The van der Waals surface area contributed by atoms with Crippen molar-refractivity contribution in [3.8, 4) is 0 Å². The molecule has 2 aromatic rings. The monoisotopic (exact) mass is 284 g/mol. The van der Waals surface area contributed by atoms with E-state index in [9.17, 15) is 18.5 Å². The molecule has 2 heterocycles. The Bertz CT molecular complexity index is 750. The zero-order chi connectivity index (χ0) is 14.2. The summed E-state index contributed by atoms with van der Waals surface area (Å²) in [6.07, 6.45) is 4.06. The predicted octanol–water partition coefficient (Wildman–Crippen LogP) is 0.600. The van der Waals surface area contributed by atoms with Crippen LogP contribution in [0, 0.1) is 17.0 Å². The van der Waals surface area contributed by atoms with E-state index in [0.29, 0.717) is 16.9 Å². The number of rotatable bonds is 4. The molecule has 0 aliphatic carbocycles. The number of nitrogens with zero attached hydrogens (tertiary/aromatic N) is 3. The van der Waals surface area contributed by atoms with Gasteiger partial charge >= 0.3 is 0 Å². The molecule has 0 bridgehead atoms. The van der Waals surface area contributed by atoms with Gasteiger partial charge in [-0.05, 0) is 6.92 Å². The van der Waals surface area contributed by atoms with Gasteiger partial charge in [-0.15, -0.1) is 0 Å². The first-order valence-corrected chi connectivity index (χ1v) is 7.22. The minimum absolute atomic E-state index is 0.00875. The predicted molar refractivity (Wildman–Crippen MR) is 68.3 cm³/mol. The molecular weight excluding hydrogens is 272 g/mol. The molecule has 1 N–H and O–H groups in total. The number of aryl methyl sites for hydroxylation is 1. The van der Waals surface area contributed by atoms with Gasteiger partial charge < -0.3 is 4.40 Å². The smallest absolute Gasteiger partial charge is 0.287 e. The molecule has 0 saturated heterocycles. The van der Waals surface area contributed by atoms with Crippen molar-refractivity contribution in [2.24, 2.45) is 0 Å². The van der Waals surface area contributed by atoms with E-state index in [2.05, 4.69) is 9.71 Å². The van der Waals surface area contributed by atoms with Crippen LogP contribution in [0.1, 0.15) is 11.4 Å². The van der Waals surface area contributed by atoms with Gasteiger partial charge in [0, 0.05) is 12.3 Å². The van der Waals surface area contributed by atoms with Crippen molar-refractivity contribution >= 4 is 21.2 Å². The van der Waals surface area contributed by atoms with Crippen LogP contribution >= 0.6 is 0 Å². The zero-order valence-electron chi connectivity index (χ0n) is 10.3. The quantitative estimate of drug-likeness (QED) is 0.653. The van der Waals surface area contributed by atoms with Crippen molar-refractivity contribution < 1.29 is 13.3 Å². The van der Waals surface area contributed by atoms with Crippen molar-refractivity contribution in [2.45, 2.75) is 13.5 Å². The van der Waals surface area contributed by atoms with Gasteiger partial charge in [0.25, 0.3) is 5.69 Å². The van der Waals surface area contributed by atoms with Gasteiger partial charge in [-0.2, -0.15) is 0 Å². The Balaban J connectivity index is 2.50. The van der Waals surface area contributed by atoms with E-state index in [1.807, 2.05) is 0 Å². The number of sulfonamides is 1. The van der Waals surface area contributed by atoms with E-state index in [4.69, 9.17) is 0 Å². The third kappa shape index (κ3) is 3.06. The maximum Gasteiger partial charge on any atom is 0.287 e. The molecule has 9 heteroatoms. The Hall–Kier alpha value is -2.00. The van der Waals surface area contributed by atoms with Gasteiger partial charge in [-0.3, -0.25) is 15.1 Å². The molecule has 2 rings (SSSR count). The summed E-state index contributed by atoms with van der Waals surface area (Å²) >= 11 is 0. The molecule has 19 heavy (non-hydrogen) atoms. The fraction of sp³-hybridized carbons (Fsp3) is 0.300. The molecule has 0 atom stereocenters. The summed E-state index contributed by atoms with van der Waals surface area (Å²) in [7, 11) is -3.35. The number of fused-ring (bicyclic) bond motifs is 1. The molecule has 0 saturated carbocycles. The Morgan fingerprint density at radius 2 is 2.16 bits per heavy atom. The summed E-state index contributed by atoms with van der Waals surface area (Å²) in [6.45, 7) is 1.72. The summed E-state index contributed by atoms with van der Waals surface area (Å²) in [5, 5.41) is 10.7. The highest BCUT2D eigenvalue weighted by Gasteiger charge is 2.14. The molecule has 0 aliphatic heterocycles. The molecule has 8 nitrogen and oxygen atoms in total. The standard InChI is InChI=1S/C10H12N4O4S/c1-7-5-13-6-8(14(15)16)3-10(13)9(12-7)4-11-19(2,17)18/h3,5-6,11H,4H2,1-2H3. The molecule has 0 aromatic carbocycles. The molecule has 0 fully saturated rings. The topological polar surface area (TPSA) is 107 Å². The van der Waals surface area contributed by atoms with Crippen LogP contribution in [0.3, 0.4) is 0 Å². The lowest BCUT2D eigenvalue weighted by Crippen LogP contribution is -2.22. The van der Waals surface area contributed by atoms with E-state index in [-0.39, 0.29) is 12.2 Å². The molecule has 0 radical (unpaired) electrons. The lowest BCUT2D eigenvalue weighted by atomic mass is 10.3. The minimum atomic E-state index is -3.35. The maximum atomic E-state index is 11.1. The van der Waals surface area contributed by atoms with Crippen molar-refractivity contribution in [2.75, 3.05) is 6.26 Å². The first-order chi connectivity index (χ1) is 8.76. The average Bonchev–Trinajstić information content (AvgIpc) is 2.68. The number of nitrogens with one attached hydrogen (secondary N) is 1. The van der Waals surface area contributed by atoms with Crippen molar-refractivity contribution in [1.82, 2.24) is 14.1 Å². The first-order valence-electron chi connectivity index (χ1n) is 5.33. The molecule has 2 aromatic heterocycles. The second-order valence-corrected chi connectivity index (χ2v) is 6.00. The molecule has 102 valence electrons. The van der Waals surface area contributed by atoms with E-state index < -0.39 is 14.9 Å². The molecule has 0 amide bonds. The summed E-state index contributed by atoms with van der Waals surface area (Å²) in [6, 6.07) is 1.37. The second-order valence-electron chi connectivity index (χ2n) is 4.17. The number of hydrogen-bond acceptors (Lipinski definition) is 5. The number of aromatic nitrogens is 2. The van der Waals surface area contributed by atoms with Crippen molar-refractivity contribution in [1.29, 1.82) is 0 Å². The summed E-state index contributed by atoms with van der Waals surface area (Å²) in [5.74, 6) is 0. The van der Waals surface area contributed by atoms with Crippen LogP contribution < -0.4 is 4.72 Å². The SMILES string of the molecule is Cc1cn2cc([N+](=O)[O-])cc2c(CNS(C)(=O)=O)n1. The number of hydrogen-bond donors (Lipinski definition) is 1. The second kappa shape index (κ2) is 4.59. The fourth-order valence-electron chi connectivity index (χ4n) is 1.73. The van der Waals surface area contributed by atoms with Gasteiger partial charge in [0.05, 0.1) is 40.8 Å². The summed E-state index contributed by atoms with van der Waals surface area (Å²) in [4.78, 5) is 14.4. The maximum absolute atomic E-state index is 11.1. The van der Waals surface area contributed by atoms with Crippen LogP contribution in [0.25, 0.3) is 5.52 Å². The van der Waals surface area contributed by atoms with Gasteiger partial charge in [0.2, 0.25) is 10.0 Å². The molecule has 0 spiro atoms. The third-order valence-electron chi connectivity index (χ3n) is 2.48. The third-order valence-corrected chi connectivity index (χ3v) is 3.15. The minimum Gasteiger partial charge on any atom is -0.313 e.